The molecule has 3 aromatic carbocycles. The number of carbonyl (C=O) groups is 5. The summed E-state index contributed by atoms with van der Waals surface area (Å²) in [7, 11) is 0. The minimum absolute atomic E-state index is 0.0500. The highest BCUT2D eigenvalue weighted by molar-refractivity contribution is 5.95. The van der Waals surface area contributed by atoms with Gasteiger partial charge in [-0.15, -0.1) is 0 Å². The lowest BCUT2D eigenvalue weighted by Gasteiger charge is -2.27. The van der Waals surface area contributed by atoms with Gasteiger partial charge in [0.2, 0.25) is 30.0 Å². The van der Waals surface area contributed by atoms with Gasteiger partial charge in [0.15, 0.2) is 0 Å². The quantitative estimate of drug-likeness (QED) is 0.135. The number of aromatic nitrogens is 1. The second-order valence-electron chi connectivity index (χ2n) is 11.3. The Hall–Kier alpha value is -5.29. The summed E-state index contributed by atoms with van der Waals surface area (Å²) in [6.07, 6.45) is 1.09. The van der Waals surface area contributed by atoms with E-state index in [1.54, 1.807) is 30.5 Å². The highest BCUT2D eigenvalue weighted by Crippen LogP contribution is 2.22. The van der Waals surface area contributed by atoms with Gasteiger partial charge in [-0.25, -0.2) is 0 Å². The Balaban J connectivity index is 1.65. The molecule has 0 radical (unpaired) electrons. The minimum Gasteiger partial charge on any atom is -0.391 e. The van der Waals surface area contributed by atoms with E-state index in [-0.39, 0.29) is 18.9 Å². The zero-order valence-corrected chi connectivity index (χ0v) is 26.0. The van der Waals surface area contributed by atoms with E-state index in [1.807, 2.05) is 67.6 Å². The van der Waals surface area contributed by atoms with E-state index >= 15 is 0 Å². The Morgan fingerprint density at radius 2 is 1.30 bits per heavy atom. The number of hydrogen-bond acceptors (Lipinski definition) is 6. The molecule has 0 unspecified atom stereocenters. The second kappa shape index (κ2) is 15.6. The first-order valence-electron chi connectivity index (χ1n) is 15.1. The van der Waals surface area contributed by atoms with E-state index in [9.17, 15) is 29.1 Å². The van der Waals surface area contributed by atoms with Crippen molar-refractivity contribution in [1.82, 2.24) is 25.8 Å². The minimum atomic E-state index is -1.33. The van der Waals surface area contributed by atoms with Crippen molar-refractivity contribution < 1.29 is 29.1 Å². The maximum Gasteiger partial charge on any atom is 0.245 e. The summed E-state index contributed by atoms with van der Waals surface area (Å²) in [5.74, 6) is -2.40. The number of hydrogen-bond donors (Lipinski definition) is 5. The van der Waals surface area contributed by atoms with E-state index in [2.05, 4.69) is 21.3 Å². The number of aliphatic hydroxyl groups excluding tert-OH is 1. The normalized spacial score (nSPS) is 14.3. The fourth-order valence-electron chi connectivity index (χ4n) is 5.31. The monoisotopic (exact) mass is 625 g/mol. The molecule has 0 saturated heterocycles. The van der Waals surface area contributed by atoms with Gasteiger partial charge in [-0.05, 0) is 36.6 Å². The first-order chi connectivity index (χ1) is 22.1. The fourth-order valence-corrected chi connectivity index (χ4v) is 5.31. The highest BCUT2D eigenvalue weighted by Gasteiger charge is 2.32. The summed E-state index contributed by atoms with van der Waals surface area (Å²) in [6, 6.07) is 21.8. The van der Waals surface area contributed by atoms with E-state index in [4.69, 9.17) is 0 Å². The molecule has 0 aliphatic rings. The Labute approximate surface area is 267 Å². The molecule has 1 aromatic heterocycles. The molecule has 5 atom stereocenters. The van der Waals surface area contributed by atoms with Gasteiger partial charge in [0.25, 0.3) is 0 Å². The van der Waals surface area contributed by atoms with Crippen molar-refractivity contribution in [3.05, 3.63) is 108 Å². The van der Waals surface area contributed by atoms with Gasteiger partial charge < -0.3 is 26.4 Å². The van der Waals surface area contributed by atoms with Crippen LogP contribution in [0.4, 0.5) is 0 Å². The Bertz CT molecular complexity index is 1670. The van der Waals surface area contributed by atoms with E-state index in [0.29, 0.717) is 22.9 Å². The standard InChI is InChI=1S/C35H39N5O6/c1-22(26-14-8-5-9-15-26)36-33(44)29(18-25-12-6-4-7-13-25)38-34(45)30(39-35(46)32(23(2)42)37-24(3)43)19-27-20-40(21-41)31-17-11-10-16-28(27)31/h4-17,20-23,29-30,32,42H,18-19H2,1-3H3,(H,36,44)(H,37,43)(H,38,45)(H,39,46)/t22-,23+,29-,30+,32-/m0/s1. The lowest BCUT2D eigenvalue weighted by Crippen LogP contribution is -2.59. The van der Waals surface area contributed by atoms with Crippen LogP contribution in [0.25, 0.3) is 10.9 Å². The molecule has 5 N–H and O–H groups in total. The molecule has 11 nitrogen and oxygen atoms in total. The van der Waals surface area contributed by atoms with Crippen LogP contribution < -0.4 is 21.3 Å². The molecular formula is C35H39N5O6. The van der Waals surface area contributed by atoms with Crippen molar-refractivity contribution in [3.8, 4) is 0 Å². The van der Waals surface area contributed by atoms with Crippen LogP contribution in [0.3, 0.4) is 0 Å². The topological polar surface area (TPSA) is 159 Å². The van der Waals surface area contributed by atoms with Gasteiger partial charge in [-0.3, -0.25) is 28.5 Å². The van der Waals surface area contributed by atoms with Crippen molar-refractivity contribution in [2.75, 3.05) is 0 Å². The molecule has 46 heavy (non-hydrogen) atoms. The third-order valence-electron chi connectivity index (χ3n) is 7.69. The lowest BCUT2D eigenvalue weighted by atomic mass is 10.0. The van der Waals surface area contributed by atoms with Gasteiger partial charge in [0, 0.05) is 31.3 Å². The van der Waals surface area contributed by atoms with E-state index in [0.717, 1.165) is 11.1 Å². The number of benzene rings is 3. The smallest absolute Gasteiger partial charge is 0.245 e. The van der Waals surface area contributed by atoms with Crippen LogP contribution in [0.2, 0.25) is 0 Å². The summed E-state index contributed by atoms with van der Waals surface area (Å²) >= 11 is 0. The van der Waals surface area contributed by atoms with Crippen LogP contribution in [0.5, 0.6) is 0 Å². The number of carbonyl (C=O) groups excluding carboxylic acids is 5. The highest BCUT2D eigenvalue weighted by atomic mass is 16.3. The maximum absolute atomic E-state index is 14.0. The molecule has 0 spiro atoms. The van der Waals surface area contributed by atoms with Crippen LogP contribution >= 0.6 is 0 Å². The first kappa shape index (κ1) is 33.6. The summed E-state index contributed by atoms with van der Waals surface area (Å²) in [6.45, 7) is 4.41. The first-order valence-corrected chi connectivity index (χ1v) is 15.1. The molecule has 4 aromatic rings. The average Bonchev–Trinajstić information content (AvgIpc) is 3.40. The van der Waals surface area contributed by atoms with Gasteiger partial charge in [-0.2, -0.15) is 0 Å². The second-order valence-corrected chi connectivity index (χ2v) is 11.3. The van der Waals surface area contributed by atoms with Crippen molar-refractivity contribution in [1.29, 1.82) is 0 Å². The van der Waals surface area contributed by atoms with E-state index in [1.165, 1.54) is 18.4 Å². The van der Waals surface area contributed by atoms with Crippen LogP contribution in [-0.2, 0) is 36.8 Å². The largest absolute Gasteiger partial charge is 0.391 e. The molecule has 0 fully saturated rings. The van der Waals surface area contributed by atoms with Gasteiger partial charge in [0.1, 0.15) is 18.1 Å². The van der Waals surface area contributed by atoms with Crippen molar-refractivity contribution in [2.45, 2.75) is 63.9 Å². The zero-order valence-electron chi connectivity index (χ0n) is 26.0. The maximum atomic E-state index is 14.0. The summed E-state index contributed by atoms with van der Waals surface area (Å²) in [4.78, 5) is 64.6. The number of nitrogens with zero attached hydrogens (tertiary/aromatic N) is 1. The number of rotatable bonds is 14. The third-order valence-corrected chi connectivity index (χ3v) is 7.69. The van der Waals surface area contributed by atoms with Crippen LogP contribution in [0.1, 0.15) is 43.5 Å². The van der Waals surface area contributed by atoms with Gasteiger partial charge in [0.05, 0.1) is 17.7 Å². The number of aliphatic hydroxyl groups is 1. The average molecular weight is 626 g/mol. The van der Waals surface area contributed by atoms with Gasteiger partial charge in [-0.1, -0.05) is 78.9 Å². The number of nitrogens with one attached hydrogen (secondary N) is 4. The molecule has 0 bridgehead atoms. The molecule has 4 rings (SSSR count). The summed E-state index contributed by atoms with van der Waals surface area (Å²) in [5.41, 5.74) is 2.91. The fraction of sp³-hybridized carbons (Fsp3) is 0.286. The summed E-state index contributed by atoms with van der Waals surface area (Å²) < 4.78 is 1.38. The predicted molar refractivity (Wildman–Crippen MR) is 174 cm³/mol. The summed E-state index contributed by atoms with van der Waals surface area (Å²) in [5, 5.41) is 21.8. The molecular weight excluding hydrogens is 586 g/mol. The molecule has 0 aliphatic carbocycles. The molecule has 4 amide bonds. The third kappa shape index (κ3) is 8.66. The molecule has 0 aliphatic heterocycles. The Morgan fingerprint density at radius 3 is 1.93 bits per heavy atom. The lowest BCUT2D eigenvalue weighted by molar-refractivity contribution is -0.135. The molecule has 0 saturated carbocycles. The number of fused-ring (bicyclic) bond motifs is 1. The van der Waals surface area contributed by atoms with Crippen LogP contribution in [-0.4, -0.2) is 63.9 Å². The molecule has 1 heterocycles. The zero-order chi connectivity index (χ0) is 33.2. The van der Waals surface area contributed by atoms with Crippen molar-refractivity contribution >= 4 is 40.9 Å². The Morgan fingerprint density at radius 1 is 0.739 bits per heavy atom. The SMILES string of the molecule is CC(=O)N[C@H](C(=O)N[C@H](Cc1cn(C=O)c2ccccc12)C(=O)N[C@@H](Cc1ccccc1)C(=O)N[C@@H](C)c1ccccc1)[C@@H](C)O. The molecule has 11 heteroatoms. The van der Waals surface area contributed by atoms with Crippen LogP contribution in [0, 0.1) is 0 Å². The van der Waals surface area contributed by atoms with Crippen molar-refractivity contribution in [2.24, 2.45) is 0 Å². The number of para-hydroxylation sites is 1. The Kier molecular flexibility index (Phi) is 11.4. The molecule has 240 valence electrons. The number of amides is 4. The predicted octanol–water partition coefficient (Wildman–Crippen LogP) is 2.20. The van der Waals surface area contributed by atoms with Gasteiger partial charge >= 0.3 is 0 Å². The van der Waals surface area contributed by atoms with E-state index < -0.39 is 47.9 Å². The van der Waals surface area contributed by atoms with Crippen molar-refractivity contribution in [3.63, 3.8) is 0 Å². The van der Waals surface area contributed by atoms with Crippen LogP contribution in [0.15, 0.2) is 91.1 Å².